The summed E-state index contributed by atoms with van der Waals surface area (Å²) >= 11 is 0. The molecule has 16 heavy (non-hydrogen) atoms. The van der Waals surface area contributed by atoms with Crippen molar-refractivity contribution in [1.82, 2.24) is 19.9 Å². The molecule has 0 saturated heterocycles. The Kier molecular flexibility index (Phi) is 2.72. The molecule has 0 fully saturated rings. The van der Waals surface area contributed by atoms with Crippen LogP contribution in [0, 0.1) is 0 Å². The van der Waals surface area contributed by atoms with Crippen LogP contribution < -0.4 is 11.0 Å². The summed E-state index contributed by atoms with van der Waals surface area (Å²) in [5, 5.41) is 7.96. The Morgan fingerprint density at radius 2 is 2.31 bits per heavy atom. The van der Waals surface area contributed by atoms with Crippen molar-refractivity contribution in [3.8, 4) is 11.4 Å². The lowest BCUT2D eigenvalue weighted by Crippen LogP contribution is -2.33. The number of hydrogen-bond donors (Lipinski definition) is 2. The van der Waals surface area contributed by atoms with Crippen molar-refractivity contribution < 1.29 is 0 Å². The monoisotopic (exact) mass is 219 g/mol. The minimum Gasteiger partial charge on any atom is -0.360 e. The lowest BCUT2D eigenvalue weighted by Gasteiger charge is -2.09. The SMILES string of the molecule is CCc1nnc(-c2ccc[nH]2)c(=O)n1NC. The Balaban J connectivity index is 2.62. The third-order valence-corrected chi connectivity index (χ3v) is 2.32. The number of aromatic nitrogens is 4. The first kappa shape index (κ1) is 10.4. The number of nitrogens with one attached hydrogen (secondary N) is 2. The molecule has 2 N–H and O–H groups in total. The lowest BCUT2D eigenvalue weighted by atomic mass is 10.3. The Hall–Kier alpha value is -2.11. The van der Waals surface area contributed by atoms with Crippen LogP contribution in [0.5, 0.6) is 0 Å². The molecule has 0 aromatic carbocycles. The maximum atomic E-state index is 12.1. The van der Waals surface area contributed by atoms with Crippen LogP contribution in [0.25, 0.3) is 11.4 Å². The Labute approximate surface area is 92.3 Å². The van der Waals surface area contributed by atoms with Gasteiger partial charge in [0.15, 0.2) is 11.5 Å². The number of hydrogen-bond acceptors (Lipinski definition) is 4. The van der Waals surface area contributed by atoms with E-state index in [1.165, 1.54) is 4.68 Å². The zero-order chi connectivity index (χ0) is 11.5. The third kappa shape index (κ3) is 1.58. The molecule has 0 aliphatic carbocycles. The molecule has 2 rings (SSSR count). The first-order valence-corrected chi connectivity index (χ1v) is 5.08. The summed E-state index contributed by atoms with van der Waals surface area (Å²) < 4.78 is 1.41. The van der Waals surface area contributed by atoms with Crippen molar-refractivity contribution in [3.05, 3.63) is 34.5 Å². The highest BCUT2D eigenvalue weighted by atomic mass is 16.1. The summed E-state index contributed by atoms with van der Waals surface area (Å²) in [5.41, 5.74) is 3.59. The number of aromatic amines is 1. The van der Waals surface area contributed by atoms with Gasteiger partial charge in [-0.2, -0.15) is 0 Å². The minimum atomic E-state index is -0.197. The van der Waals surface area contributed by atoms with Crippen molar-refractivity contribution in [3.63, 3.8) is 0 Å². The molecule has 0 aliphatic heterocycles. The molecule has 0 saturated carbocycles. The van der Waals surface area contributed by atoms with E-state index in [4.69, 9.17) is 0 Å². The second-order valence-corrected chi connectivity index (χ2v) is 3.27. The average molecular weight is 219 g/mol. The fourth-order valence-electron chi connectivity index (χ4n) is 1.52. The topological polar surface area (TPSA) is 75.6 Å². The number of aryl methyl sites for hydroxylation is 1. The van der Waals surface area contributed by atoms with E-state index in [0.717, 1.165) is 0 Å². The van der Waals surface area contributed by atoms with Gasteiger partial charge in [0.1, 0.15) is 0 Å². The largest absolute Gasteiger partial charge is 0.360 e. The van der Waals surface area contributed by atoms with Gasteiger partial charge >= 0.3 is 0 Å². The molecule has 0 aliphatic rings. The molecule has 0 spiro atoms. The van der Waals surface area contributed by atoms with Gasteiger partial charge in [-0.3, -0.25) is 4.79 Å². The highest BCUT2D eigenvalue weighted by molar-refractivity contribution is 5.52. The van der Waals surface area contributed by atoms with Crippen LogP contribution in [0.2, 0.25) is 0 Å². The summed E-state index contributed by atoms with van der Waals surface area (Å²) in [6.45, 7) is 1.92. The van der Waals surface area contributed by atoms with E-state index in [2.05, 4.69) is 20.6 Å². The molecule has 0 radical (unpaired) electrons. The van der Waals surface area contributed by atoms with Crippen LogP contribution in [0.15, 0.2) is 23.1 Å². The maximum Gasteiger partial charge on any atom is 0.300 e. The summed E-state index contributed by atoms with van der Waals surface area (Å²) in [7, 11) is 1.68. The molecule has 0 amide bonds. The summed E-state index contributed by atoms with van der Waals surface area (Å²) in [6.07, 6.45) is 2.39. The van der Waals surface area contributed by atoms with E-state index in [1.54, 1.807) is 19.3 Å². The fraction of sp³-hybridized carbons (Fsp3) is 0.300. The predicted octanol–water partition coefficient (Wildman–Crippen LogP) is 0.369. The standard InChI is InChI=1S/C10H13N5O/c1-3-8-13-14-9(7-5-4-6-12-7)10(16)15(8)11-2/h4-6,11-12H,3H2,1-2H3. The van der Waals surface area contributed by atoms with Crippen molar-refractivity contribution in [2.45, 2.75) is 13.3 Å². The van der Waals surface area contributed by atoms with Crippen LogP contribution in [0.1, 0.15) is 12.7 Å². The van der Waals surface area contributed by atoms with Gasteiger partial charge in [0.25, 0.3) is 5.56 Å². The Morgan fingerprint density at radius 1 is 1.50 bits per heavy atom. The highest BCUT2D eigenvalue weighted by Gasteiger charge is 2.12. The maximum absolute atomic E-state index is 12.1. The summed E-state index contributed by atoms with van der Waals surface area (Å²) in [5.74, 6) is 0.614. The smallest absolute Gasteiger partial charge is 0.300 e. The van der Waals surface area contributed by atoms with Crippen LogP contribution in [-0.4, -0.2) is 26.9 Å². The van der Waals surface area contributed by atoms with Gasteiger partial charge in [0, 0.05) is 19.7 Å². The van der Waals surface area contributed by atoms with Gasteiger partial charge in [0.2, 0.25) is 0 Å². The van der Waals surface area contributed by atoms with Crippen LogP contribution in [0.3, 0.4) is 0 Å². The molecule has 6 heteroatoms. The zero-order valence-electron chi connectivity index (χ0n) is 9.19. The van der Waals surface area contributed by atoms with E-state index in [1.807, 2.05) is 13.0 Å². The molecule has 2 aromatic heterocycles. The minimum absolute atomic E-state index is 0.197. The van der Waals surface area contributed by atoms with Gasteiger partial charge in [-0.25, -0.2) is 4.68 Å². The van der Waals surface area contributed by atoms with Crippen molar-refractivity contribution in [1.29, 1.82) is 0 Å². The molecule has 2 heterocycles. The van der Waals surface area contributed by atoms with Crippen LogP contribution in [0.4, 0.5) is 0 Å². The Bertz CT molecular complexity index is 529. The first-order valence-electron chi connectivity index (χ1n) is 5.08. The fourth-order valence-corrected chi connectivity index (χ4v) is 1.52. The lowest BCUT2D eigenvalue weighted by molar-refractivity contribution is 0.708. The molecule has 0 bridgehead atoms. The normalized spacial score (nSPS) is 10.4. The van der Waals surface area contributed by atoms with Crippen molar-refractivity contribution in [2.24, 2.45) is 0 Å². The van der Waals surface area contributed by atoms with E-state index in [0.29, 0.717) is 23.6 Å². The quantitative estimate of drug-likeness (QED) is 0.782. The summed E-state index contributed by atoms with van der Waals surface area (Å²) in [4.78, 5) is 15.0. The van der Waals surface area contributed by atoms with Gasteiger partial charge in [-0.05, 0) is 12.1 Å². The second kappa shape index (κ2) is 4.18. The highest BCUT2D eigenvalue weighted by Crippen LogP contribution is 2.08. The van der Waals surface area contributed by atoms with Crippen LogP contribution in [-0.2, 0) is 6.42 Å². The van der Waals surface area contributed by atoms with Crippen molar-refractivity contribution in [2.75, 3.05) is 12.5 Å². The van der Waals surface area contributed by atoms with Gasteiger partial charge in [-0.1, -0.05) is 6.92 Å². The summed E-state index contributed by atoms with van der Waals surface area (Å²) in [6, 6.07) is 3.60. The molecule has 0 unspecified atom stereocenters. The van der Waals surface area contributed by atoms with E-state index >= 15 is 0 Å². The molecule has 0 atom stereocenters. The second-order valence-electron chi connectivity index (χ2n) is 3.27. The molecular formula is C10H13N5O. The van der Waals surface area contributed by atoms with Crippen molar-refractivity contribution >= 4 is 0 Å². The molecule has 2 aromatic rings. The van der Waals surface area contributed by atoms with Gasteiger partial charge in [-0.15, -0.1) is 10.2 Å². The molecular weight excluding hydrogens is 206 g/mol. The Morgan fingerprint density at radius 3 is 2.88 bits per heavy atom. The third-order valence-electron chi connectivity index (χ3n) is 2.32. The predicted molar refractivity (Wildman–Crippen MR) is 60.7 cm³/mol. The molecule has 84 valence electrons. The number of H-pyrrole nitrogens is 1. The van der Waals surface area contributed by atoms with Gasteiger partial charge < -0.3 is 10.4 Å². The zero-order valence-corrected chi connectivity index (χ0v) is 9.19. The first-order chi connectivity index (χ1) is 7.77. The van der Waals surface area contributed by atoms with Crippen LogP contribution >= 0.6 is 0 Å². The number of rotatable bonds is 3. The van der Waals surface area contributed by atoms with E-state index < -0.39 is 0 Å². The van der Waals surface area contributed by atoms with E-state index in [-0.39, 0.29) is 5.56 Å². The average Bonchev–Trinajstić information content (AvgIpc) is 2.81. The van der Waals surface area contributed by atoms with Gasteiger partial charge in [0.05, 0.1) is 5.69 Å². The molecule has 6 nitrogen and oxygen atoms in total. The number of nitrogens with zero attached hydrogens (tertiary/aromatic N) is 3. The van der Waals surface area contributed by atoms with E-state index in [9.17, 15) is 4.79 Å².